The molecule has 22 heavy (non-hydrogen) atoms. The number of ether oxygens (including phenoxy) is 2. The second kappa shape index (κ2) is 6.57. The predicted molar refractivity (Wildman–Crippen MR) is 76.6 cm³/mol. The van der Waals surface area contributed by atoms with Crippen molar-refractivity contribution >= 4 is 5.91 Å². The molecule has 0 aromatic carbocycles. The number of carbonyl (C=O) groups is 1. The van der Waals surface area contributed by atoms with Gasteiger partial charge in [0.1, 0.15) is 11.9 Å². The third-order valence-electron chi connectivity index (χ3n) is 3.39. The van der Waals surface area contributed by atoms with Crippen LogP contribution in [0.25, 0.3) is 0 Å². The molecule has 2 atom stereocenters. The van der Waals surface area contributed by atoms with E-state index in [1.54, 1.807) is 25.3 Å². The van der Waals surface area contributed by atoms with Gasteiger partial charge in [0, 0.05) is 24.9 Å². The van der Waals surface area contributed by atoms with Crippen LogP contribution in [-0.4, -0.2) is 41.4 Å². The minimum atomic E-state index is -0.291. The quantitative estimate of drug-likeness (QED) is 0.917. The van der Waals surface area contributed by atoms with Gasteiger partial charge in [-0.1, -0.05) is 11.2 Å². The zero-order valence-electron chi connectivity index (χ0n) is 12.2. The third kappa shape index (κ3) is 3.43. The first-order valence-corrected chi connectivity index (χ1v) is 7.12. The van der Waals surface area contributed by atoms with Gasteiger partial charge in [-0.05, 0) is 19.4 Å². The molecule has 7 heteroatoms. The highest BCUT2D eigenvalue weighted by atomic mass is 16.5. The van der Waals surface area contributed by atoms with E-state index < -0.39 is 0 Å². The summed E-state index contributed by atoms with van der Waals surface area (Å²) in [5, 5.41) is 6.64. The summed E-state index contributed by atoms with van der Waals surface area (Å²) in [4.78, 5) is 16.3. The van der Waals surface area contributed by atoms with E-state index in [-0.39, 0.29) is 23.7 Å². The molecule has 1 fully saturated rings. The van der Waals surface area contributed by atoms with Crippen LogP contribution in [0.4, 0.5) is 0 Å². The van der Waals surface area contributed by atoms with Crippen molar-refractivity contribution in [2.24, 2.45) is 0 Å². The maximum atomic E-state index is 12.2. The second-order valence-electron chi connectivity index (χ2n) is 5.09. The van der Waals surface area contributed by atoms with Gasteiger partial charge in [-0.15, -0.1) is 0 Å². The molecule has 116 valence electrons. The van der Waals surface area contributed by atoms with Gasteiger partial charge in [0.25, 0.3) is 5.91 Å². The molecule has 1 aliphatic heterocycles. The summed E-state index contributed by atoms with van der Waals surface area (Å²) in [5.74, 6) is 0.825. The van der Waals surface area contributed by atoms with Gasteiger partial charge in [-0.3, -0.25) is 4.79 Å². The topological polar surface area (TPSA) is 86.5 Å². The fourth-order valence-corrected chi connectivity index (χ4v) is 2.28. The van der Waals surface area contributed by atoms with Gasteiger partial charge >= 0.3 is 0 Å². The molecular weight excluding hydrogens is 286 g/mol. The smallest absolute Gasteiger partial charge is 0.273 e. The number of nitrogens with zero attached hydrogens (tertiary/aromatic N) is 2. The number of pyridine rings is 1. The van der Waals surface area contributed by atoms with Gasteiger partial charge in [0.2, 0.25) is 5.88 Å². The molecule has 0 bridgehead atoms. The van der Waals surface area contributed by atoms with E-state index in [0.29, 0.717) is 31.3 Å². The maximum absolute atomic E-state index is 12.2. The summed E-state index contributed by atoms with van der Waals surface area (Å²) in [6.07, 6.45) is 2.03. The first-order valence-electron chi connectivity index (χ1n) is 7.12. The lowest BCUT2D eigenvalue weighted by Gasteiger charge is -2.31. The van der Waals surface area contributed by atoms with Crippen LogP contribution in [0, 0.1) is 6.92 Å². The molecule has 3 rings (SSSR count). The monoisotopic (exact) mass is 303 g/mol. The van der Waals surface area contributed by atoms with Crippen LogP contribution in [0.3, 0.4) is 0 Å². The lowest BCUT2D eigenvalue weighted by molar-refractivity contribution is -0.0153. The Hall–Kier alpha value is -2.41. The summed E-state index contributed by atoms with van der Waals surface area (Å²) in [6, 6.07) is 6.87. The number of aryl methyl sites for hydroxylation is 1. The van der Waals surface area contributed by atoms with Gasteiger partial charge in [-0.25, -0.2) is 4.98 Å². The van der Waals surface area contributed by atoms with Gasteiger partial charge < -0.3 is 19.3 Å². The van der Waals surface area contributed by atoms with Crippen LogP contribution in [0.15, 0.2) is 35.0 Å². The van der Waals surface area contributed by atoms with Crippen molar-refractivity contribution in [3.8, 4) is 5.88 Å². The Morgan fingerprint density at radius 1 is 1.45 bits per heavy atom. The average Bonchev–Trinajstić information content (AvgIpc) is 2.97. The van der Waals surface area contributed by atoms with Crippen LogP contribution in [-0.2, 0) is 4.74 Å². The molecule has 0 spiro atoms. The predicted octanol–water partition coefficient (Wildman–Crippen LogP) is 1.34. The molecular formula is C15H17N3O4. The van der Waals surface area contributed by atoms with E-state index in [2.05, 4.69) is 15.5 Å². The Kier molecular flexibility index (Phi) is 4.34. The summed E-state index contributed by atoms with van der Waals surface area (Å²) in [6.45, 7) is 2.72. The summed E-state index contributed by atoms with van der Waals surface area (Å²) in [7, 11) is 0. The standard InChI is InChI=1S/C15H17N3O4/c1-10-8-12(18-22-10)15(19)17-11-5-7-20-9-13(11)21-14-4-2-3-6-16-14/h2-4,6,8,11,13H,5,7,9H2,1H3,(H,17,19). The lowest BCUT2D eigenvalue weighted by Crippen LogP contribution is -2.51. The van der Waals surface area contributed by atoms with Gasteiger partial charge in [-0.2, -0.15) is 0 Å². The van der Waals surface area contributed by atoms with E-state index in [0.717, 1.165) is 0 Å². The Labute approximate surface area is 127 Å². The Balaban J connectivity index is 1.66. The highest BCUT2D eigenvalue weighted by molar-refractivity contribution is 5.92. The van der Waals surface area contributed by atoms with E-state index >= 15 is 0 Å². The fraction of sp³-hybridized carbons (Fsp3) is 0.400. The third-order valence-corrected chi connectivity index (χ3v) is 3.39. The molecule has 0 saturated carbocycles. The largest absolute Gasteiger partial charge is 0.470 e. The summed E-state index contributed by atoms with van der Waals surface area (Å²) >= 11 is 0. The Morgan fingerprint density at radius 2 is 2.36 bits per heavy atom. The minimum absolute atomic E-state index is 0.166. The molecule has 3 heterocycles. The van der Waals surface area contributed by atoms with Crippen molar-refractivity contribution in [1.29, 1.82) is 0 Å². The highest BCUT2D eigenvalue weighted by Crippen LogP contribution is 2.16. The second-order valence-corrected chi connectivity index (χ2v) is 5.09. The van der Waals surface area contributed by atoms with Gasteiger partial charge in [0.15, 0.2) is 5.69 Å². The maximum Gasteiger partial charge on any atom is 0.273 e. The van der Waals surface area contributed by atoms with Crippen molar-refractivity contribution < 1.29 is 18.8 Å². The molecule has 0 aliphatic carbocycles. The Morgan fingerprint density at radius 3 is 3.09 bits per heavy atom. The van der Waals surface area contributed by atoms with Crippen LogP contribution in [0.5, 0.6) is 5.88 Å². The molecule has 1 amide bonds. The molecule has 0 radical (unpaired) electrons. The van der Waals surface area contributed by atoms with Crippen molar-refractivity contribution in [3.63, 3.8) is 0 Å². The van der Waals surface area contributed by atoms with Crippen molar-refractivity contribution in [2.45, 2.75) is 25.5 Å². The van der Waals surface area contributed by atoms with Crippen LogP contribution in [0.2, 0.25) is 0 Å². The Bertz CT molecular complexity index is 629. The molecule has 1 aliphatic rings. The zero-order valence-corrected chi connectivity index (χ0v) is 12.2. The SMILES string of the molecule is Cc1cc(C(=O)NC2CCOCC2Oc2ccccn2)no1. The molecule has 2 unspecified atom stereocenters. The molecule has 2 aromatic heterocycles. The van der Waals surface area contributed by atoms with Crippen molar-refractivity contribution in [1.82, 2.24) is 15.5 Å². The fourth-order valence-electron chi connectivity index (χ4n) is 2.28. The molecule has 1 N–H and O–H groups in total. The number of hydrogen-bond donors (Lipinski definition) is 1. The van der Waals surface area contributed by atoms with Gasteiger partial charge in [0.05, 0.1) is 12.6 Å². The van der Waals surface area contributed by atoms with Crippen LogP contribution < -0.4 is 10.1 Å². The normalized spacial score (nSPS) is 21.3. The molecule has 7 nitrogen and oxygen atoms in total. The minimum Gasteiger partial charge on any atom is -0.470 e. The van der Waals surface area contributed by atoms with E-state index in [9.17, 15) is 4.79 Å². The number of aromatic nitrogens is 2. The molecule has 2 aromatic rings. The van der Waals surface area contributed by atoms with Crippen LogP contribution >= 0.6 is 0 Å². The average molecular weight is 303 g/mol. The molecule has 1 saturated heterocycles. The van der Waals surface area contributed by atoms with Crippen molar-refractivity contribution in [2.75, 3.05) is 13.2 Å². The highest BCUT2D eigenvalue weighted by Gasteiger charge is 2.30. The van der Waals surface area contributed by atoms with E-state index in [1.807, 2.05) is 12.1 Å². The summed E-state index contributed by atoms with van der Waals surface area (Å²) in [5.41, 5.74) is 0.264. The lowest BCUT2D eigenvalue weighted by atomic mass is 10.1. The first-order chi connectivity index (χ1) is 10.7. The van der Waals surface area contributed by atoms with E-state index in [4.69, 9.17) is 14.0 Å². The van der Waals surface area contributed by atoms with Crippen LogP contribution in [0.1, 0.15) is 22.7 Å². The number of carbonyl (C=O) groups excluding carboxylic acids is 1. The number of rotatable bonds is 4. The number of hydrogen-bond acceptors (Lipinski definition) is 6. The number of nitrogens with one attached hydrogen (secondary N) is 1. The zero-order chi connectivity index (χ0) is 15.4. The summed E-state index contributed by atoms with van der Waals surface area (Å²) < 4.78 is 16.2. The first kappa shape index (κ1) is 14.5. The number of amides is 1. The van der Waals surface area contributed by atoms with Crippen molar-refractivity contribution in [3.05, 3.63) is 41.9 Å². The van der Waals surface area contributed by atoms with E-state index in [1.165, 1.54) is 0 Å².